The smallest absolute Gasteiger partial charge is 0.146 e. The molecule has 45 heavy (non-hydrogen) atoms. The molecule has 0 aliphatic heterocycles. The van der Waals surface area contributed by atoms with Gasteiger partial charge in [0, 0.05) is 38.3 Å². The highest BCUT2D eigenvalue weighted by atomic mass is 16.3. The lowest BCUT2D eigenvalue weighted by Gasteiger charge is -2.13. The van der Waals surface area contributed by atoms with E-state index in [2.05, 4.69) is 167 Å². The van der Waals surface area contributed by atoms with Gasteiger partial charge in [0.2, 0.25) is 0 Å². The number of para-hydroxylation sites is 4. The molecule has 210 valence electrons. The van der Waals surface area contributed by atoms with Crippen LogP contribution in [0.25, 0.3) is 88.1 Å². The summed E-state index contributed by atoms with van der Waals surface area (Å²) in [5.41, 5.74) is 11.2. The molecule has 7 aromatic carbocycles. The third kappa shape index (κ3) is 3.35. The number of nitrogens with zero attached hydrogens (tertiary/aromatic N) is 2. The molecule has 0 N–H and O–H groups in total. The predicted octanol–water partition coefficient (Wildman–Crippen LogP) is 11.4. The van der Waals surface area contributed by atoms with E-state index in [0.29, 0.717) is 0 Å². The first-order valence-electron chi connectivity index (χ1n) is 15.4. The van der Waals surface area contributed by atoms with Crippen LogP contribution in [0.4, 0.5) is 0 Å². The molecule has 3 nitrogen and oxygen atoms in total. The van der Waals surface area contributed by atoms with Gasteiger partial charge in [-0.3, -0.25) is 0 Å². The van der Waals surface area contributed by atoms with Crippen molar-refractivity contribution in [3.05, 3.63) is 158 Å². The third-order valence-corrected chi connectivity index (χ3v) is 9.29. The molecule has 10 aromatic rings. The van der Waals surface area contributed by atoms with E-state index in [1.54, 1.807) is 0 Å². The molecule has 3 heterocycles. The van der Waals surface area contributed by atoms with Crippen LogP contribution < -0.4 is 0 Å². The zero-order valence-corrected chi connectivity index (χ0v) is 24.3. The minimum absolute atomic E-state index is 0.905. The van der Waals surface area contributed by atoms with Gasteiger partial charge in [0.15, 0.2) is 0 Å². The Morgan fingerprint density at radius 3 is 1.53 bits per heavy atom. The van der Waals surface area contributed by atoms with Crippen molar-refractivity contribution in [3.63, 3.8) is 0 Å². The average Bonchev–Trinajstić information content (AvgIpc) is 3.77. The molecule has 0 bridgehead atoms. The predicted molar refractivity (Wildman–Crippen MR) is 188 cm³/mol. The van der Waals surface area contributed by atoms with Crippen LogP contribution in [0.3, 0.4) is 0 Å². The topological polar surface area (TPSA) is 23.0 Å². The van der Waals surface area contributed by atoms with E-state index in [1.165, 1.54) is 43.7 Å². The summed E-state index contributed by atoms with van der Waals surface area (Å²) in [5, 5.41) is 7.04. The van der Waals surface area contributed by atoms with Crippen LogP contribution in [0.2, 0.25) is 0 Å². The highest BCUT2D eigenvalue weighted by molar-refractivity contribution is 6.39. The second-order valence-electron chi connectivity index (χ2n) is 11.7. The molecule has 0 aliphatic carbocycles. The van der Waals surface area contributed by atoms with Crippen molar-refractivity contribution < 1.29 is 4.42 Å². The molecule has 0 spiro atoms. The summed E-state index contributed by atoms with van der Waals surface area (Å²) in [7, 11) is 0. The summed E-state index contributed by atoms with van der Waals surface area (Å²) >= 11 is 0. The normalized spacial score (nSPS) is 12.0. The van der Waals surface area contributed by atoms with E-state index < -0.39 is 0 Å². The molecule has 3 heteroatoms. The minimum Gasteiger partial charge on any atom is -0.455 e. The van der Waals surface area contributed by atoms with Crippen LogP contribution in [-0.4, -0.2) is 9.13 Å². The zero-order valence-electron chi connectivity index (χ0n) is 24.3. The van der Waals surface area contributed by atoms with Crippen molar-refractivity contribution in [2.24, 2.45) is 0 Å². The molecule has 0 radical (unpaired) electrons. The van der Waals surface area contributed by atoms with E-state index >= 15 is 0 Å². The average molecular weight is 575 g/mol. The number of hydrogen-bond donors (Lipinski definition) is 0. The lowest BCUT2D eigenvalue weighted by Crippen LogP contribution is -1.98. The number of furan rings is 1. The fraction of sp³-hybridized carbons (Fsp3) is 0. The van der Waals surface area contributed by atoms with E-state index in [-0.39, 0.29) is 0 Å². The molecule has 0 saturated carbocycles. The molecule has 0 fully saturated rings. The number of benzene rings is 7. The first-order chi connectivity index (χ1) is 22.4. The van der Waals surface area contributed by atoms with E-state index in [0.717, 1.165) is 44.3 Å². The van der Waals surface area contributed by atoms with Gasteiger partial charge in [-0.15, -0.1) is 0 Å². The Balaban J connectivity index is 1.47. The second kappa shape index (κ2) is 9.22. The van der Waals surface area contributed by atoms with Crippen LogP contribution >= 0.6 is 0 Å². The second-order valence-corrected chi connectivity index (χ2v) is 11.7. The Labute approximate surface area is 258 Å². The van der Waals surface area contributed by atoms with E-state index in [1.807, 2.05) is 0 Å². The fourth-order valence-electron chi connectivity index (χ4n) is 7.43. The van der Waals surface area contributed by atoms with Crippen LogP contribution in [-0.2, 0) is 0 Å². The Morgan fingerprint density at radius 1 is 0.356 bits per heavy atom. The van der Waals surface area contributed by atoms with Crippen molar-refractivity contribution in [3.8, 4) is 22.5 Å². The maximum Gasteiger partial charge on any atom is 0.146 e. The Kier molecular flexibility index (Phi) is 5.00. The number of fused-ring (bicyclic) bond motifs is 12. The summed E-state index contributed by atoms with van der Waals surface area (Å²) in [6.45, 7) is 0. The number of hydrogen-bond acceptors (Lipinski definition) is 1. The lowest BCUT2D eigenvalue weighted by molar-refractivity contribution is 0.673. The Bertz CT molecular complexity index is 2730. The van der Waals surface area contributed by atoms with Gasteiger partial charge in [-0.05, 0) is 53.6 Å². The van der Waals surface area contributed by atoms with Gasteiger partial charge in [-0.2, -0.15) is 0 Å². The number of aromatic nitrogens is 2. The van der Waals surface area contributed by atoms with Crippen LogP contribution in [0.5, 0.6) is 0 Å². The van der Waals surface area contributed by atoms with E-state index in [4.69, 9.17) is 4.42 Å². The summed E-state index contributed by atoms with van der Waals surface area (Å²) in [4.78, 5) is 0. The number of rotatable bonds is 3. The Morgan fingerprint density at radius 2 is 0.844 bits per heavy atom. The summed E-state index contributed by atoms with van der Waals surface area (Å²) in [5.74, 6) is 0. The van der Waals surface area contributed by atoms with Crippen LogP contribution in [0.15, 0.2) is 162 Å². The van der Waals surface area contributed by atoms with Crippen molar-refractivity contribution >= 4 is 65.6 Å². The third-order valence-electron chi connectivity index (χ3n) is 9.29. The highest BCUT2D eigenvalue weighted by Gasteiger charge is 2.27. The SMILES string of the molecule is c1ccc(-c2ccc(-n3c4ccccc4c4c5c6ccccc6oc5c5c6ccccc6n(-c6ccccc6)c5c43)cc2)cc1. The van der Waals surface area contributed by atoms with Crippen LogP contribution in [0.1, 0.15) is 0 Å². The van der Waals surface area contributed by atoms with Gasteiger partial charge in [0.05, 0.1) is 27.5 Å². The van der Waals surface area contributed by atoms with E-state index in [9.17, 15) is 0 Å². The highest BCUT2D eigenvalue weighted by Crippen LogP contribution is 2.49. The van der Waals surface area contributed by atoms with Crippen molar-refractivity contribution in [1.82, 2.24) is 9.13 Å². The molecule has 0 unspecified atom stereocenters. The lowest BCUT2D eigenvalue weighted by atomic mass is 10.0. The van der Waals surface area contributed by atoms with Crippen molar-refractivity contribution in [2.45, 2.75) is 0 Å². The maximum absolute atomic E-state index is 6.84. The molecular weight excluding hydrogens is 548 g/mol. The van der Waals surface area contributed by atoms with Gasteiger partial charge < -0.3 is 13.6 Å². The fourth-order valence-corrected chi connectivity index (χ4v) is 7.43. The van der Waals surface area contributed by atoms with Gasteiger partial charge in [0.25, 0.3) is 0 Å². The monoisotopic (exact) mass is 574 g/mol. The maximum atomic E-state index is 6.84. The summed E-state index contributed by atoms with van der Waals surface area (Å²) < 4.78 is 11.7. The molecular formula is C42H26N2O. The molecule has 0 saturated heterocycles. The first kappa shape index (κ1) is 24.4. The summed E-state index contributed by atoms with van der Waals surface area (Å²) in [6, 6.07) is 56.2. The van der Waals surface area contributed by atoms with Gasteiger partial charge in [-0.1, -0.05) is 115 Å². The van der Waals surface area contributed by atoms with Crippen LogP contribution in [0, 0.1) is 0 Å². The molecule has 3 aromatic heterocycles. The molecule has 0 amide bonds. The Hall–Kier alpha value is -6.06. The van der Waals surface area contributed by atoms with Gasteiger partial charge in [-0.25, -0.2) is 0 Å². The quantitative estimate of drug-likeness (QED) is 0.206. The van der Waals surface area contributed by atoms with Gasteiger partial charge in [0.1, 0.15) is 11.2 Å². The summed E-state index contributed by atoms with van der Waals surface area (Å²) in [6.07, 6.45) is 0. The zero-order chi connectivity index (χ0) is 29.5. The molecule has 0 aliphatic rings. The standard InChI is InChI=1S/C42H26N2O/c1-3-13-27(14-4-1)28-23-25-30(26-24-28)44-34-20-10-7-17-31(34)37-38-33-19-9-12-22-36(33)45-42(38)39-32-18-8-11-21-35(32)43(41(39)40(37)44)29-15-5-2-6-16-29/h1-26H. The van der Waals surface area contributed by atoms with Crippen molar-refractivity contribution in [1.29, 1.82) is 0 Å². The first-order valence-corrected chi connectivity index (χ1v) is 15.4. The largest absolute Gasteiger partial charge is 0.455 e. The van der Waals surface area contributed by atoms with Gasteiger partial charge >= 0.3 is 0 Å². The molecule has 10 rings (SSSR count). The minimum atomic E-state index is 0.905. The molecule has 0 atom stereocenters. The van der Waals surface area contributed by atoms with Crippen molar-refractivity contribution in [2.75, 3.05) is 0 Å².